The van der Waals surface area contributed by atoms with Crippen LogP contribution in [0.1, 0.15) is 6.92 Å². The van der Waals surface area contributed by atoms with Gasteiger partial charge in [-0.2, -0.15) is 0 Å². The summed E-state index contributed by atoms with van der Waals surface area (Å²) in [6.07, 6.45) is 1.61. The molecule has 5 heteroatoms. The van der Waals surface area contributed by atoms with E-state index >= 15 is 0 Å². The third-order valence-electron chi connectivity index (χ3n) is 3.48. The molecule has 0 N–H and O–H groups in total. The Morgan fingerprint density at radius 2 is 2.26 bits per heavy atom. The zero-order valence-corrected chi connectivity index (χ0v) is 11.0. The minimum absolute atomic E-state index is 0.0305. The van der Waals surface area contributed by atoms with Gasteiger partial charge in [-0.15, -0.1) is 0 Å². The highest BCUT2D eigenvalue weighted by Crippen LogP contribution is 2.28. The lowest BCUT2D eigenvalue weighted by Gasteiger charge is -2.38. The first kappa shape index (κ1) is 12.2. The monoisotopic (exact) mass is 260 g/mol. The van der Waals surface area contributed by atoms with E-state index in [1.165, 1.54) is 0 Å². The number of methoxy groups -OCH3 is 1. The Labute approximate surface area is 110 Å². The van der Waals surface area contributed by atoms with E-state index in [-0.39, 0.29) is 11.0 Å². The topological polar surface area (TPSA) is 53.4 Å². The molecule has 5 nitrogen and oxygen atoms in total. The number of aromatic nitrogens is 2. The van der Waals surface area contributed by atoms with Gasteiger partial charge < -0.3 is 9.47 Å². The quantitative estimate of drug-likeness (QED) is 0.838. The second kappa shape index (κ2) is 4.35. The van der Waals surface area contributed by atoms with Gasteiger partial charge in [0, 0.05) is 12.0 Å². The molecule has 0 atom stereocenters. The third kappa shape index (κ3) is 2.10. The van der Waals surface area contributed by atoms with Gasteiger partial charge in [-0.3, -0.25) is 9.36 Å². The van der Waals surface area contributed by atoms with Crippen LogP contribution in [0, 0.1) is 5.41 Å². The number of ether oxygens (including phenoxy) is 2. The van der Waals surface area contributed by atoms with Crippen LogP contribution in [0.5, 0.6) is 5.75 Å². The molecule has 1 aliphatic rings. The summed E-state index contributed by atoms with van der Waals surface area (Å²) in [6.45, 7) is 4.12. The van der Waals surface area contributed by atoms with E-state index in [9.17, 15) is 4.79 Å². The second-order valence-electron chi connectivity index (χ2n) is 5.36. The first-order valence-electron chi connectivity index (χ1n) is 6.22. The highest BCUT2D eigenvalue weighted by atomic mass is 16.5. The first-order chi connectivity index (χ1) is 9.11. The van der Waals surface area contributed by atoms with Crippen LogP contribution < -0.4 is 10.3 Å². The van der Waals surface area contributed by atoms with Crippen molar-refractivity contribution in [2.45, 2.75) is 13.5 Å². The van der Waals surface area contributed by atoms with E-state index in [2.05, 4.69) is 11.9 Å². The van der Waals surface area contributed by atoms with E-state index in [0.29, 0.717) is 36.4 Å². The van der Waals surface area contributed by atoms with Crippen LogP contribution in [0.15, 0.2) is 29.3 Å². The van der Waals surface area contributed by atoms with Gasteiger partial charge in [0.05, 0.1) is 37.6 Å². The fourth-order valence-corrected chi connectivity index (χ4v) is 2.33. The molecule has 0 saturated carbocycles. The van der Waals surface area contributed by atoms with Crippen LogP contribution in [-0.2, 0) is 11.3 Å². The molecule has 1 fully saturated rings. The molecule has 0 amide bonds. The minimum atomic E-state index is -0.0305. The number of hydrogen-bond donors (Lipinski definition) is 0. The van der Waals surface area contributed by atoms with Crippen molar-refractivity contribution in [1.29, 1.82) is 0 Å². The maximum absolute atomic E-state index is 12.4. The molecule has 3 rings (SSSR count). The summed E-state index contributed by atoms with van der Waals surface area (Å²) in [5.41, 5.74) is 0.701. The summed E-state index contributed by atoms with van der Waals surface area (Å²) in [5.74, 6) is 0.669. The van der Waals surface area contributed by atoms with Gasteiger partial charge in [-0.05, 0) is 18.2 Å². The molecule has 19 heavy (non-hydrogen) atoms. The van der Waals surface area contributed by atoms with Gasteiger partial charge in [0.1, 0.15) is 5.75 Å². The molecule has 1 aromatic carbocycles. The van der Waals surface area contributed by atoms with Crippen LogP contribution in [0.3, 0.4) is 0 Å². The Bertz CT molecular complexity index is 674. The lowest BCUT2D eigenvalue weighted by molar-refractivity contribution is -0.110. The fourth-order valence-electron chi connectivity index (χ4n) is 2.33. The van der Waals surface area contributed by atoms with Crippen molar-refractivity contribution < 1.29 is 9.47 Å². The molecule has 0 aliphatic carbocycles. The average Bonchev–Trinajstić information content (AvgIpc) is 2.40. The Kier molecular flexibility index (Phi) is 2.78. The maximum Gasteiger partial charge on any atom is 0.261 e. The Hall–Kier alpha value is -1.88. The minimum Gasteiger partial charge on any atom is -0.497 e. The smallest absolute Gasteiger partial charge is 0.261 e. The number of rotatable bonds is 3. The van der Waals surface area contributed by atoms with Crippen molar-refractivity contribution >= 4 is 10.9 Å². The Morgan fingerprint density at radius 3 is 2.89 bits per heavy atom. The molecule has 2 heterocycles. The predicted molar refractivity (Wildman–Crippen MR) is 71.5 cm³/mol. The molecule has 2 aromatic rings. The standard InChI is InChI=1S/C14H16N2O3/c1-14(7-19-8-14)6-16-9-15-12-4-3-10(18-2)5-11(12)13(16)17/h3-5,9H,6-8H2,1-2H3. The summed E-state index contributed by atoms with van der Waals surface area (Å²) in [4.78, 5) is 16.8. The lowest BCUT2D eigenvalue weighted by atomic mass is 9.88. The predicted octanol–water partition coefficient (Wildman–Crippen LogP) is 1.44. The zero-order chi connectivity index (χ0) is 13.5. The molecule has 1 aliphatic heterocycles. The summed E-state index contributed by atoms with van der Waals surface area (Å²) in [6, 6.07) is 5.34. The molecular weight excluding hydrogens is 244 g/mol. The van der Waals surface area contributed by atoms with Gasteiger partial charge >= 0.3 is 0 Å². The second-order valence-corrected chi connectivity index (χ2v) is 5.36. The molecule has 0 bridgehead atoms. The van der Waals surface area contributed by atoms with Crippen LogP contribution >= 0.6 is 0 Å². The fraction of sp³-hybridized carbons (Fsp3) is 0.429. The van der Waals surface area contributed by atoms with Gasteiger partial charge in [0.15, 0.2) is 0 Å². The summed E-state index contributed by atoms with van der Waals surface area (Å²) in [7, 11) is 1.59. The van der Waals surface area contributed by atoms with Crippen molar-refractivity contribution in [3.63, 3.8) is 0 Å². The maximum atomic E-state index is 12.4. The van der Waals surface area contributed by atoms with E-state index < -0.39 is 0 Å². The first-order valence-corrected chi connectivity index (χ1v) is 6.22. The molecule has 1 aromatic heterocycles. The van der Waals surface area contributed by atoms with Crippen molar-refractivity contribution in [2.24, 2.45) is 5.41 Å². The van der Waals surface area contributed by atoms with Gasteiger partial charge in [0.2, 0.25) is 0 Å². The third-order valence-corrected chi connectivity index (χ3v) is 3.48. The SMILES string of the molecule is COc1ccc2ncn(CC3(C)COC3)c(=O)c2c1. The molecule has 0 unspecified atom stereocenters. The molecular formula is C14H16N2O3. The van der Waals surface area contributed by atoms with Crippen molar-refractivity contribution in [3.05, 3.63) is 34.9 Å². The molecule has 0 spiro atoms. The van der Waals surface area contributed by atoms with E-state index in [1.807, 2.05) is 0 Å². The van der Waals surface area contributed by atoms with Crippen LogP contribution in [0.25, 0.3) is 10.9 Å². The van der Waals surface area contributed by atoms with E-state index in [0.717, 1.165) is 0 Å². The van der Waals surface area contributed by atoms with Gasteiger partial charge in [0.25, 0.3) is 5.56 Å². The van der Waals surface area contributed by atoms with Crippen LogP contribution in [0.2, 0.25) is 0 Å². The van der Waals surface area contributed by atoms with Gasteiger partial charge in [-0.1, -0.05) is 6.92 Å². The van der Waals surface area contributed by atoms with Gasteiger partial charge in [-0.25, -0.2) is 4.98 Å². The van der Waals surface area contributed by atoms with E-state index in [4.69, 9.17) is 9.47 Å². The normalized spacial score (nSPS) is 17.2. The number of benzene rings is 1. The summed E-state index contributed by atoms with van der Waals surface area (Å²) >= 11 is 0. The molecule has 100 valence electrons. The van der Waals surface area contributed by atoms with Crippen molar-refractivity contribution in [1.82, 2.24) is 9.55 Å². The van der Waals surface area contributed by atoms with Crippen molar-refractivity contribution in [3.8, 4) is 5.75 Å². The summed E-state index contributed by atoms with van der Waals surface area (Å²) < 4.78 is 12.0. The van der Waals surface area contributed by atoms with E-state index in [1.54, 1.807) is 36.2 Å². The highest BCUT2D eigenvalue weighted by Gasteiger charge is 2.34. The highest BCUT2D eigenvalue weighted by molar-refractivity contribution is 5.78. The largest absolute Gasteiger partial charge is 0.497 e. The number of hydrogen-bond acceptors (Lipinski definition) is 4. The van der Waals surface area contributed by atoms with Crippen LogP contribution in [-0.4, -0.2) is 29.9 Å². The Balaban J connectivity index is 2.06. The van der Waals surface area contributed by atoms with Crippen molar-refractivity contribution in [2.75, 3.05) is 20.3 Å². The lowest BCUT2D eigenvalue weighted by Crippen LogP contribution is -2.45. The average molecular weight is 260 g/mol. The number of nitrogens with zero attached hydrogens (tertiary/aromatic N) is 2. The summed E-state index contributed by atoms with van der Waals surface area (Å²) in [5, 5.41) is 0.589. The molecule has 1 saturated heterocycles. The number of fused-ring (bicyclic) bond motifs is 1. The molecule has 0 radical (unpaired) electrons. The Morgan fingerprint density at radius 1 is 1.47 bits per heavy atom. The van der Waals surface area contributed by atoms with Crippen LogP contribution in [0.4, 0.5) is 0 Å². The zero-order valence-electron chi connectivity index (χ0n) is 11.0.